The van der Waals surface area contributed by atoms with Gasteiger partial charge in [0.2, 0.25) is 0 Å². The number of methoxy groups -OCH3 is 1. The van der Waals surface area contributed by atoms with Gasteiger partial charge >= 0.3 is 6.09 Å². The fourth-order valence-corrected chi connectivity index (χ4v) is 2.27. The predicted molar refractivity (Wildman–Crippen MR) is 95.0 cm³/mol. The number of carbonyl (C=O) groups excluding carboxylic acids is 1. The molecule has 1 N–H and O–H groups in total. The zero-order valence-electron chi connectivity index (χ0n) is 15.8. The van der Waals surface area contributed by atoms with Crippen molar-refractivity contribution in [1.29, 1.82) is 0 Å². The Balaban J connectivity index is 2.96. The molecule has 0 saturated heterocycles. The Hall–Kier alpha value is -1.59. The van der Waals surface area contributed by atoms with Gasteiger partial charge in [0, 0.05) is 20.3 Å². The number of aliphatic hydroxyl groups excluding tert-OH is 1. The minimum Gasteiger partial charge on any atom is -0.444 e. The van der Waals surface area contributed by atoms with Crippen LogP contribution in [0.25, 0.3) is 0 Å². The summed E-state index contributed by atoms with van der Waals surface area (Å²) in [7, 11) is 1.63. The number of hydrogen-bond acceptors (Lipinski definition) is 4. The highest BCUT2D eigenvalue weighted by Gasteiger charge is 2.28. The first-order valence-corrected chi connectivity index (χ1v) is 8.28. The zero-order valence-corrected chi connectivity index (χ0v) is 15.8. The fraction of sp³-hybridized carbons (Fsp3) is 0.632. The van der Waals surface area contributed by atoms with Gasteiger partial charge in [-0.15, -0.1) is 0 Å². The van der Waals surface area contributed by atoms with Crippen molar-refractivity contribution < 1.29 is 19.4 Å². The molecule has 24 heavy (non-hydrogen) atoms. The SMILES string of the molecule is COC(C)(C)CN(Cc1cccc(CCO)c1)C(=O)OC(C)(C)C. The summed E-state index contributed by atoms with van der Waals surface area (Å²) in [6.07, 6.45) is 0.240. The van der Waals surface area contributed by atoms with Gasteiger partial charge in [0.05, 0.1) is 12.1 Å². The lowest BCUT2D eigenvalue weighted by Gasteiger charge is -2.33. The number of amides is 1. The van der Waals surface area contributed by atoms with Crippen LogP contribution in [0, 0.1) is 0 Å². The summed E-state index contributed by atoms with van der Waals surface area (Å²) in [4.78, 5) is 14.2. The van der Waals surface area contributed by atoms with E-state index in [9.17, 15) is 4.79 Å². The van der Waals surface area contributed by atoms with Gasteiger partial charge in [-0.2, -0.15) is 0 Å². The number of benzene rings is 1. The van der Waals surface area contributed by atoms with Crippen molar-refractivity contribution in [3.8, 4) is 0 Å². The van der Waals surface area contributed by atoms with Gasteiger partial charge < -0.3 is 19.5 Å². The largest absolute Gasteiger partial charge is 0.444 e. The van der Waals surface area contributed by atoms with Gasteiger partial charge in [0.15, 0.2) is 0 Å². The molecule has 1 aromatic rings. The molecule has 1 aromatic carbocycles. The molecule has 0 aliphatic heterocycles. The molecule has 0 spiro atoms. The highest BCUT2D eigenvalue weighted by molar-refractivity contribution is 5.68. The lowest BCUT2D eigenvalue weighted by Crippen LogP contribution is -2.45. The van der Waals surface area contributed by atoms with Crippen molar-refractivity contribution in [3.63, 3.8) is 0 Å². The van der Waals surface area contributed by atoms with E-state index >= 15 is 0 Å². The smallest absolute Gasteiger partial charge is 0.410 e. The van der Waals surface area contributed by atoms with E-state index in [4.69, 9.17) is 14.6 Å². The van der Waals surface area contributed by atoms with Crippen LogP contribution in [0.4, 0.5) is 4.79 Å². The van der Waals surface area contributed by atoms with Crippen LogP contribution in [0.15, 0.2) is 24.3 Å². The maximum absolute atomic E-state index is 12.6. The molecule has 5 heteroatoms. The molecule has 5 nitrogen and oxygen atoms in total. The normalized spacial score (nSPS) is 12.1. The van der Waals surface area contributed by atoms with E-state index in [1.165, 1.54) is 0 Å². The Bertz CT molecular complexity index is 534. The zero-order chi connectivity index (χ0) is 18.4. The second kappa shape index (κ2) is 8.49. The van der Waals surface area contributed by atoms with Crippen molar-refractivity contribution in [2.45, 2.75) is 58.8 Å². The van der Waals surface area contributed by atoms with Crippen molar-refractivity contribution >= 4 is 6.09 Å². The van der Waals surface area contributed by atoms with E-state index in [2.05, 4.69) is 0 Å². The molecule has 0 aromatic heterocycles. The molecule has 0 radical (unpaired) electrons. The van der Waals surface area contributed by atoms with Crippen LogP contribution in [0.3, 0.4) is 0 Å². The van der Waals surface area contributed by atoms with Gasteiger partial charge in [-0.3, -0.25) is 0 Å². The lowest BCUT2D eigenvalue weighted by molar-refractivity contribution is -0.0253. The van der Waals surface area contributed by atoms with E-state index in [0.717, 1.165) is 11.1 Å². The first-order valence-electron chi connectivity index (χ1n) is 8.28. The third-order valence-electron chi connectivity index (χ3n) is 3.54. The lowest BCUT2D eigenvalue weighted by atomic mass is 10.1. The predicted octanol–water partition coefficient (Wildman–Crippen LogP) is 3.38. The van der Waals surface area contributed by atoms with E-state index in [1.807, 2.05) is 58.9 Å². The van der Waals surface area contributed by atoms with Crippen molar-refractivity contribution in [3.05, 3.63) is 35.4 Å². The quantitative estimate of drug-likeness (QED) is 0.828. The summed E-state index contributed by atoms with van der Waals surface area (Å²) in [6.45, 7) is 10.4. The topological polar surface area (TPSA) is 59.0 Å². The van der Waals surface area contributed by atoms with Crippen LogP contribution in [-0.4, -0.2) is 47.6 Å². The molecule has 1 rings (SSSR count). The molecule has 0 atom stereocenters. The number of nitrogens with zero attached hydrogens (tertiary/aromatic N) is 1. The minimum absolute atomic E-state index is 0.107. The molecule has 0 fully saturated rings. The van der Waals surface area contributed by atoms with E-state index in [1.54, 1.807) is 12.0 Å². The number of aliphatic hydroxyl groups is 1. The Kier molecular flexibility index (Phi) is 7.24. The maximum Gasteiger partial charge on any atom is 0.410 e. The summed E-state index contributed by atoms with van der Waals surface area (Å²) < 4.78 is 11.0. The Morgan fingerprint density at radius 1 is 1.17 bits per heavy atom. The molecular weight excluding hydrogens is 306 g/mol. The third kappa shape index (κ3) is 7.32. The first kappa shape index (κ1) is 20.5. The van der Waals surface area contributed by atoms with E-state index in [0.29, 0.717) is 19.5 Å². The highest BCUT2D eigenvalue weighted by Crippen LogP contribution is 2.18. The molecule has 0 bridgehead atoms. The van der Waals surface area contributed by atoms with Crippen molar-refractivity contribution in [2.75, 3.05) is 20.3 Å². The van der Waals surface area contributed by atoms with Crippen LogP contribution in [0.5, 0.6) is 0 Å². The van der Waals surface area contributed by atoms with Gasteiger partial charge in [-0.25, -0.2) is 4.79 Å². The number of rotatable bonds is 7. The van der Waals surface area contributed by atoms with Crippen LogP contribution < -0.4 is 0 Å². The van der Waals surface area contributed by atoms with Crippen molar-refractivity contribution in [1.82, 2.24) is 4.90 Å². The Morgan fingerprint density at radius 3 is 2.33 bits per heavy atom. The molecule has 0 unspecified atom stereocenters. The monoisotopic (exact) mass is 337 g/mol. The molecule has 136 valence electrons. The summed E-state index contributed by atoms with van der Waals surface area (Å²) in [5, 5.41) is 9.09. The second-order valence-electron chi connectivity index (χ2n) is 7.59. The summed E-state index contributed by atoms with van der Waals surface area (Å²) >= 11 is 0. The number of carbonyl (C=O) groups is 1. The molecule has 0 saturated carbocycles. The summed E-state index contributed by atoms with van der Waals surface area (Å²) in [5.41, 5.74) is 1.02. The standard InChI is InChI=1S/C19H31NO4/c1-18(2,3)24-17(22)20(14-19(4,5)23-6)13-16-9-7-8-15(12-16)10-11-21/h7-9,12,21H,10-11,13-14H2,1-6H3. The third-order valence-corrected chi connectivity index (χ3v) is 3.54. The maximum atomic E-state index is 12.6. The molecule has 0 heterocycles. The van der Waals surface area contributed by atoms with Crippen LogP contribution in [-0.2, 0) is 22.4 Å². The van der Waals surface area contributed by atoms with Gasteiger partial charge in [0.1, 0.15) is 5.60 Å². The van der Waals surface area contributed by atoms with Gasteiger partial charge in [0.25, 0.3) is 0 Å². The number of hydrogen-bond donors (Lipinski definition) is 1. The molecule has 0 aliphatic carbocycles. The summed E-state index contributed by atoms with van der Waals surface area (Å²) in [6, 6.07) is 7.89. The van der Waals surface area contributed by atoms with Crippen LogP contribution in [0.2, 0.25) is 0 Å². The van der Waals surface area contributed by atoms with E-state index in [-0.39, 0.29) is 12.7 Å². The number of ether oxygens (including phenoxy) is 2. The summed E-state index contributed by atoms with van der Waals surface area (Å²) in [5.74, 6) is 0. The van der Waals surface area contributed by atoms with Gasteiger partial charge in [-0.05, 0) is 52.2 Å². The average Bonchev–Trinajstić information content (AvgIpc) is 2.45. The fourth-order valence-electron chi connectivity index (χ4n) is 2.27. The van der Waals surface area contributed by atoms with Crippen molar-refractivity contribution in [2.24, 2.45) is 0 Å². The van der Waals surface area contributed by atoms with E-state index < -0.39 is 11.2 Å². The Morgan fingerprint density at radius 2 is 1.79 bits per heavy atom. The second-order valence-corrected chi connectivity index (χ2v) is 7.59. The average molecular weight is 337 g/mol. The molecule has 0 aliphatic rings. The first-order chi connectivity index (χ1) is 11.1. The van der Waals surface area contributed by atoms with Crippen LogP contribution in [0.1, 0.15) is 45.7 Å². The van der Waals surface area contributed by atoms with Gasteiger partial charge in [-0.1, -0.05) is 24.3 Å². The Labute approximate surface area is 145 Å². The highest BCUT2D eigenvalue weighted by atomic mass is 16.6. The molecule has 1 amide bonds. The van der Waals surface area contributed by atoms with Crippen LogP contribution >= 0.6 is 0 Å². The minimum atomic E-state index is -0.550. The molecular formula is C19H31NO4.